The highest BCUT2D eigenvalue weighted by Crippen LogP contribution is 2.21. The first-order chi connectivity index (χ1) is 7.27. The number of piperidine rings is 1. The van der Waals surface area contributed by atoms with E-state index in [0.717, 1.165) is 25.5 Å². The van der Waals surface area contributed by atoms with Crippen LogP contribution in [0.3, 0.4) is 0 Å². The molecule has 0 bridgehead atoms. The molecule has 3 nitrogen and oxygen atoms in total. The van der Waals surface area contributed by atoms with Crippen LogP contribution in [-0.2, 0) is 4.74 Å². The van der Waals surface area contributed by atoms with Gasteiger partial charge in [0, 0.05) is 19.8 Å². The van der Waals surface area contributed by atoms with Crippen LogP contribution in [0, 0.1) is 5.92 Å². The number of rotatable bonds is 6. The van der Waals surface area contributed by atoms with Gasteiger partial charge in [-0.05, 0) is 58.2 Å². The third kappa shape index (κ3) is 4.49. The number of ether oxygens (including phenoxy) is 1. The van der Waals surface area contributed by atoms with Crippen LogP contribution in [0.2, 0.25) is 0 Å². The lowest BCUT2D eigenvalue weighted by Crippen LogP contribution is -2.40. The molecule has 0 aliphatic carbocycles. The fourth-order valence-corrected chi connectivity index (χ4v) is 2.39. The summed E-state index contributed by atoms with van der Waals surface area (Å²) in [5.74, 6) is 0.876. The van der Waals surface area contributed by atoms with E-state index in [1.165, 1.54) is 32.4 Å². The lowest BCUT2D eigenvalue weighted by atomic mass is 9.92. The number of nitrogens with two attached hydrogens (primary N) is 1. The monoisotopic (exact) mass is 214 g/mol. The maximum atomic E-state index is 5.59. The average molecular weight is 214 g/mol. The van der Waals surface area contributed by atoms with Gasteiger partial charge in [-0.1, -0.05) is 0 Å². The second-order valence-electron chi connectivity index (χ2n) is 4.69. The molecule has 1 aliphatic rings. The largest absolute Gasteiger partial charge is 0.385 e. The predicted molar refractivity (Wildman–Crippen MR) is 63.9 cm³/mol. The van der Waals surface area contributed by atoms with E-state index in [4.69, 9.17) is 10.5 Å². The molecule has 0 saturated carbocycles. The highest BCUT2D eigenvalue weighted by Gasteiger charge is 2.21. The van der Waals surface area contributed by atoms with Crippen LogP contribution in [-0.4, -0.2) is 44.3 Å². The summed E-state index contributed by atoms with van der Waals surface area (Å²) in [6.07, 6.45) is 5.02. The zero-order chi connectivity index (χ0) is 11.1. The first kappa shape index (κ1) is 12.9. The van der Waals surface area contributed by atoms with Gasteiger partial charge in [0.15, 0.2) is 0 Å². The van der Waals surface area contributed by atoms with Crippen molar-refractivity contribution in [1.29, 1.82) is 0 Å². The molecule has 1 heterocycles. The number of methoxy groups -OCH3 is 1. The predicted octanol–water partition coefficient (Wildman–Crippen LogP) is 1.47. The SMILES string of the molecule is COCCC(C)N1CCC(CCN)CC1. The van der Waals surface area contributed by atoms with E-state index in [0.29, 0.717) is 6.04 Å². The van der Waals surface area contributed by atoms with E-state index in [1.54, 1.807) is 7.11 Å². The van der Waals surface area contributed by atoms with Crippen molar-refractivity contribution in [3.63, 3.8) is 0 Å². The normalized spacial score (nSPS) is 21.8. The molecule has 1 unspecified atom stereocenters. The Labute approximate surface area is 94.0 Å². The van der Waals surface area contributed by atoms with Crippen LogP contribution in [0.1, 0.15) is 32.6 Å². The zero-order valence-corrected chi connectivity index (χ0v) is 10.2. The molecule has 0 amide bonds. The number of nitrogens with zero attached hydrogens (tertiary/aromatic N) is 1. The minimum atomic E-state index is 0.670. The highest BCUT2D eigenvalue weighted by molar-refractivity contribution is 4.76. The molecule has 1 saturated heterocycles. The fraction of sp³-hybridized carbons (Fsp3) is 1.00. The van der Waals surface area contributed by atoms with Crippen LogP contribution < -0.4 is 5.73 Å². The zero-order valence-electron chi connectivity index (χ0n) is 10.2. The molecule has 0 radical (unpaired) electrons. The summed E-state index contributed by atoms with van der Waals surface area (Å²) >= 11 is 0. The molecule has 0 aromatic carbocycles. The van der Waals surface area contributed by atoms with Crippen molar-refractivity contribution in [2.24, 2.45) is 11.7 Å². The lowest BCUT2D eigenvalue weighted by Gasteiger charge is -2.36. The third-order valence-electron chi connectivity index (χ3n) is 3.59. The molecular formula is C12H26N2O. The minimum absolute atomic E-state index is 0.670. The van der Waals surface area contributed by atoms with Gasteiger partial charge >= 0.3 is 0 Å². The summed E-state index contributed by atoms with van der Waals surface area (Å²) in [5, 5.41) is 0. The van der Waals surface area contributed by atoms with E-state index in [1.807, 2.05) is 0 Å². The van der Waals surface area contributed by atoms with Gasteiger partial charge in [-0.15, -0.1) is 0 Å². The van der Waals surface area contributed by atoms with Crippen LogP contribution in [0.15, 0.2) is 0 Å². The number of likely N-dealkylation sites (tertiary alicyclic amines) is 1. The Morgan fingerprint density at radius 3 is 2.60 bits per heavy atom. The molecular weight excluding hydrogens is 188 g/mol. The summed E-state index contributed by atoms with van der Waals surface area (Å²) < 4.78 is 5.12. The maximum absolute atomic E-state index is 5.59. The molecule has 90 valence electrons. The van der Waals surface area contributed by atoms with Gasteiger partial charge in [0.1, 0.15) is 0 Å². The maximum Gasteiger partial charge on any atom is 0.0477 e. The molecule has 1 atom stereocenters. The first-order valence-corrected chi connectivity index (χ1v) is 6.21. The molecule has 1 aliphatic heterocycles. The van der Waals surface area contributed by atoms with Crippen molar-refractivity contribution < 1.29 is 4.74 Å². The quantitative estimate of drug-likeness (QED) is 0.728. The molecule has 1 rings (SSSR count). The Balaban J connectivity index is 2.18. The number of hydrogen-bond donors (Lipinski definition) is 1. The highest BCUT2D eigenvalue weighted by atomic mass is 16.5. The van der Waals surface area contributed by atoms with E-state index >= 15 is 0 Å². The van der Waals surface area contributed by atoms with Crippen molar-refractivity contribution in [1.82, 2.24) is 4.90 Å². The Morgan fingerprint density at radius 1 is 1.40 bits per heavy atom. The van der Waals surface area contributed by atoms with Crippen molar-refractivity contribution in [2.45, 2.75) is 38.6 Å². The Hall–Kier alpha value is -0.120. The number of hydrogen-bond acceptors (Lipinski definition) is 3. The smallest absolute Gasteiger partial charge is 0.0477 e. The Kier molecular flexibility index (Phi) is 6.22. The van der Waals surface area contributed by atoms with Crippen molar-refractivity contribution >= 4 is 0 Å². The van der Waals surface area contributed by atoms with Crippen molar-refractivity contribution in [2.75, 3.05) is 33.4 Å². The topological polar surface area (TPSA) is 38.5 Å². The van der Waals surface area contributed by atoms with Crippen LogP contribution in [0.5, 0.6) is 0 Å². The molecule has 2 N–H and O–H groups in total. The average Bonchev–Trinajstić information content (AvgIpc) is 2.27. The molecule has 3 heteroatoms. The summed E-state index contributed by atoms with van der Waals surface area (Å²) in [5.41, 5.74) is 5.59. The van der Waals surface area contributed by atoms with Crippen LogP contribution in [0.4, 0.5) is 0 Å². The summed E-state index contributed by atoms with van der Waals surface area (Å²) in [6, 6.07) is 0.670. The summed E-state index contributed by atoms with van der Waals surface area (Å²) in [4.78, 5) is 2.59. The van der Waals surface area contributed by atoms with Gasteiger partial charge in [-0.2, -0.15) is 0 Å². The van der Waals surface area contributed by atoms with E-state index in [2.05, 4.69) is 11.8 Å². The van der Waals surface area contributed by atoms with Gasteiger partial charge in [-0.25, -0.2) is 0 Å². The van der Waals surface area contributed by atoms with Gasteiger partial charge in [0.25, 0.3) is 0 Å². The van der Waals surface area contributed by atoms with Gasteiger partial charge < -0.3 is 15.4 Å². The Morgan fingerprint density at radius 2 is 2.07 bits per heavy atom. The molecule has 0 spiro atoms. The van der Waals surface area contributed by atoms with Gasteiger partial charge in [0.05, 0.1) is 0 Å². The van der Waals surface area contributed by atoms with Crippen molar-refractivity contribution in [3.8, 4) is 0 Å². The lowest BCUT2D eigenvalue weighted by molar-refractivity contribution is 0.105. The second kappa shape index (κ2) is 7.20. The second-order valence-corrected chi connectivity index (χ2v) is 4.69. The molecule has 0 aromatic rings. The van der Waals surface area contributed by atoms with E-state index in [-0.39, 0.29) is 0 Å². The Bertz CT molecular complexity index is 156. The van der Waals surface area contributed by atoms with Gasteiger partial charge in [-0.3, -0.25) is 0 Å². The molecule has 0 aromatic heterocycles. The van der Waals surface area contributed by atoms with Crippen LogP contribution in [0.25, 0.3) is 0 Å². The minimum Gasteiger partial charge on any atom is -0.385 e. The third-order valence-corrected chi connectivity index (χ3v) is 3.59. The standard InChI is InChI=1S/C12H26N2O/c1-11(6-10-15-2)14-8-4-12(3-7-13)5-9-14/h11-12H,3-10,13H2,1-2H3. The molecule has 15 heavy (non-hydrogen) atoms. The fourth-order valence-electron chi connectivity index (χ4n) is 2.39. The van der Waals surface area contributed by atoms with Crippen molar-refractivity contribution in [3.05, 3.63) is 0 Å². The van der Waals surface area contributed by atoms with E-state index < -0.39 is 0 Å². The van der Waals surface area contributed by atoms with Gasteiger partial charge in [0.2, 0.25) is 0 Å². The summed E-state index contributed by atoms with van der Waals surface area (Å²) in [7, 11) is 1.78. The van der Waals surface area contributed by atoms with E-state index in [9.17, 15) is 0 Å². The first-order valence-electron chi connectivity index (χ1n) is 6.21. The van der Waals surface area contributed by atoms with Crippen LogP contribution >= 0.6 is 0 Å². The summed E-state index contributed by atoms with van der Waals surface area (Å²) in [6.45, 7) is 6.53. The molecule has 1 fully saturated rings.